The summed E-state index contributed by atoms with van der Waals surface area (Å²) in [6.07, 6.45) is 9.90. The number of carboxylic acids is 1. The Balaban J connectivity index is 1.39. The predicted octanol–water partition coefficient (Wildman–Crippen LogP) is 4.27. The molecule has 4 rings (SSSR count). The molecule has 0 spiro atoms. The Morgan fingerprint density at radius 3 is 2.91 bits per heavy atom. The number of carboxylic acid groups (broad SMARTS) is 1. The highest BCUT2D eigenvalue weighted by molar-refractivity contribution is 5.68. The molecule has 1 unspecified atom stereocenters. The molecule has 168 valence electrons. The largest absolute Gasteiger partial charge is 0.481 e. The highest BCUT2D eigenvalue weighted by Crippen LogP contribution is 2.25. The molecule has 32 heavy (non-hydrogen) atoms. The van der Waals surface area contributed by atoms with Gasteiger partial charge in [-0.2, -0.15) is 5.10 Å². The molecule has 2 aromatic heterocycles. The van der Waals surface area contributed by atoms with Gasteiger partial charge < -0.3 is 15.2 Å². The highest BCUT2D eigenvalue weighted by atomic mass is 16.5. The molecule has 3 heterocycles. The van der Waals surface area contributed by atoms with E-state index in [9.17, 15) is 9.90 Å². The van der Waals surface area contributed by atoms with Crippen molar-refractivity contribution in [3.05, 3.63) is 71.2 Å². The lowest BCUT2D eigenvalue weighted by atomic mass is 10.0. The van der Waals surface area contributed by atoms with Crippen LogP contribution in [0.3, 0.4) is 0 Å². The Morgan fingerprint density at radius 2 is 2.12 bits per heavy atom. The number of anilines is 1. The van der Waals surface area contributed by atoms with E-state index in [0.29, 0.717) is 5.88 Å². The van der Waals surface area contributed by atoms with Crippen LogP contribution in [0.25, 0.3) is 0 Å². The number of nitrogens with zero attached hydrogens (tertiary/aromatic N) is 3. The molecule has 0 aliphatic carbocycles. The summed E-state index contributed by atoms with van der Waals surface area (Å²) in [6, 6.07) is 11.9. The fourth-order valence-corrected chi connectivity index (χ4v) is 4.22. The third-order valence-electron chi connectivity index (χ3n) is 5.96. The molecule has 1 aromatic carbocycles. The molecule has 0 radical (unpaired) electrons. The summed E-state index contributed by atoms with van der Waals surface area (Å²) < 4.78 is 6.84. The fourth-order valence-electron chi connectivity index (χ4n) is 4.22. The number of aromatic nitrogens is 3. The lowest BCUT2D eigenvalue weighted by molar-refractivity contribution is -0.137. The number of aliphatic carboxylic acids is 1. The van der Waals surface area contributed by atoms with Gasteiger partial charge in [0.1, 0.15) is 0 Å². The number of fused-ring (bicyclic) bond motifs is 1. The Hall–Kier alpha value is -3.35. The lowest BCUT2D eigenvalue weighted by Gasteiger charge is -2.16. The minimum atomic E-state index is -0.875. The Bertz CT molecular complexity index is 1050. The van der Waals surface area contributed by atoms with E-state index in [2.05, 4.69) is 33.6 Å². The van der Waals surface area contributed by atoms with Gasteiger partial charge in [-0.1, -0.05) is 12.1 Å². The van der Waals surface area contributed by atoms with Crippen molar-refractivity contribution in [1.82, 2.24) is 14.8 Å². The topological polar surface area (TPSA) is 89.3 Å². The van der Waals surface area contributed by atoms with Gasteiger partial charge in [0.05, 0.1) is 25.3 Å². The van der Waals surface area contributed by atoms with Crippen LogP contribution in [-0.4, -0.2) is 39.5 Å². The van der Waals surface area contributed by atoms with Gasteiger partial charge >= 0.3 is 5.97 Å². The SMILES string of the molecule is COc1ccc(C(CC(=O)O)n2ccc(CCCc3ccc4c(c3)NCCCC4)n2)cn1. The Morgan fingerprint density at radius 1 is 1.22 bits per heavy atom. The average molecular weight is 435 g/mol. The van der Waals surface area contributed by atoms with Crippen LogP contribution in [0.15, 0.2) is 48.8 Å². The number of benzene rings is 1. The van der Waals surface area contributed by atoms with E-state index in [0.717, 1.165) is 43.5 Å². The molecular weight excluding hydrogens is 404 g/mol. The highest BCUT2D eigenvalue weighted by Gasteiger charge is 2.19. The third-order valence-corrected chi connectivity index (χ3v) is 5.96. The van der Waals surface area contributed by atoms with E-state index >= 15 is 0 Å². The minimum absolute atomic E-state index is 0.0583. The molecule has 7 heteroatoms. The molecule has 1 atom stereocenters. The standard InChI is InChI=1S/C25H30N4O3/c1-32-24-11-10-20(17-27-24)23(16-25(30)31)29-14-12-21(28-29)7-4-5-18-8-9-19-6-2-3-13-26-22(19)15-18/h8-12,14-15,17,23,26H,2-7,13,16H2,1H3,(H,30,31). The second-order valence-electron chi connectivity index (χ2n) is 8.26. The van der Waals surface area contributed by atoms with E-state index in [1.807, 2.05) is 18.3 Å². The summed E-state index contributed by atoms with van der Waals surface area (Å²) in [6.45, 7) is 1.05. The number of methoxy groups -OCH3 is 1. The van der Waals surface area contributed by atoms with Gasteiger partial charge in [0.25, 0.3) is 0 Å². The van der Waals surface area contributed by atoms with Crippen LogP contribution >= 0.6 is 0 Å². The van der Waals surface area contributed by atoms with Crippen molar-refractivity contribution in [1.29, 1.82) is 0 Å². The normalized spacial score (nSPS) is 14.2. The first-order valence-corrected chi connectivity index (χ1v) is 11.2. The fraction of sp³-hybridized carbons (Fsp3) is 0.400. The molecule has 2 N–H and O–H groups in total. The summed E-state index contributed by atoms with van der Waals surface area (Å²) in [5.41, 5.74) is 5.80. The zero-order valence-corrected chi connectivity index (χ0v) is 18.5. The number of pyridine rings is 1. The van der Waals surface area contributed by atoms with Gasteiger partial charge in [-0.3, -0.25) is 9.48 Å². The van der Waals surface area contributed by atoms with Crippen LogP contribution in [-0.2, 0) is 24.1 Å². The molecule has 3 aromatic rings. The number of carbonyl (C=O) groups is 1. The van der Waals surface area contributed by atoms with Crippen molar-refractivity contribution in [2.24, 2.45) is 0 Å². The molecule has 0 fully saturated rings. The van der Waals surface area contributed by atoms with E-state index in [-0.39, 0.29) is 6.42 Å². The average Bonchev–Trinajstić information content (AvgIpc) is 3.14. The van der Waals surface area contributed by atoms with Crippen LogP contribution in [0.4, 0.5) is 5.69 Å². The lowest BCUT2D eigenvalue weighted by Crippen LogP contribution is -2.16. The maximum atomic E-state index is 11.4. The van der Waals surface area contributed by atoms with Crippen molar-refractivity contribution in [3.63, 3.8) is 0 Å². The number of ether oxygens (including phenoxy) is 1. The summed E-state index contributed by atoms with van der Waals surface area (Å²) in [7, 11) is 1.55. The zero-order chi connectivity index (χ0) is 22.3. The maximum absolute atomic E-state index is 11.4. The molecule has 0 amide bonds. The van der Waals surface area contributed by atoms with Gasteiger partial charge in [0.2, 0.25) is 5.88 Å². The quantitative estimate of drug-likeness (QED) is 0.523. The first-order valence-electron chi connectivity index (χ1n) is 11.2. The number of rotatable bonds is 9. The first kappa shape index (κ1) is 21.9. The minimum Gasteiger partial charge on any atom is -0.481 e. The van der Waals surface area contributed by atoms with E-state index in [4.69, 9.17) is 4.74 Å². The van der Waals surface area contributed by atoms with Crippen molar-refractivity contribution < 1.29 is 14.6 Å². The van der Waals surface area contributed by atoms with Gasteiger partial charge in [0.15, 0.2) is 0 Å². The summed E-state index contributed by atoms with van der Waals surface area (Å²) in [5, 5.41) is 17.6. The smallest absolute Gasteiger partial charge is 0.305 e. The van der Waals surface area contributed by atoms with Crippen LogP contribution in [0.1, 0.15) is 54.1 Å². The van der Waals surface area contributed by atoms with Gasteiger partial charge in [-0.05, 0) is 73.4 Å². The zero-order valence-electron chi connectivity index (χ0n) is 18.5. The second kappa shape index (κ2) is 10.3. The first-order chi connectivity index (χ1) is 15.6. The second-order valence-corrected chi connectivity index (χ2v) is 8.26. The number of nitrogens with one attached hydrogen (secondary N) is 1. The molecule has 1 aliphatic rings. The number of hydrogen-bond donors (Lipinski definition) is 2. The molecular formula is C25H30N4O3. The number of hydrogen-bond acceptors (Lipinski definition) is 5. The van der Waals surface area contributed by atoms with Gasteiger partial charge in [0, 0.05) is 30.7 Å². The van der Waals surface area contributed by atoms with Crippen LogP contribution < -0.4 is 10.1 Å². The molecule has 0 saturated carbocycles. The van der Waals surface area contributed by atoms with Crippen molar-refractivity contribution in [2.75, 3.05) is 19.0 Å². The van der Waals surface area contributed by atoms with Crippen molar-refractivity contribution in [3.8, 4) is 5.88 Å². The van der Waals surface area contributed by atoms with Gasteiger partial charge in [-0.25, -0.2) is 4.98 Å². The summed E-state index contributed by atoms with van der Waals surface area (Å²) in [5.74, 6) is -0.378. The number of aryl methyl sites for hydroxylation is 3. The molecule has 0 saturated heterocycles. The van der Waals surface area contributed by atoms with Crippen LogP contribution in [0, 0.1) is 0 Å². The van der Waals surface area contributed by atoms with Crippen molar-refractivity contribution in [2.45, 2.75) is 51.0 Å². The molecule has 0 bridgehead atoms. The van der Waals surface area contributed by atoms with Crippen LogP contribution in [0.5, 0.6) is 5.88 Å². The monoisotopic (exact) mass is 434 g/mol. The maximum Gasteiger partial charge on any atom is 0.305 e. The van der Waals surface area contributed by atoms with E-state index < -0.39 is 12.0 Å². The van der Waals surface area contributed by atoms with Gasteiger partial charge in [-0.15, -0.1) is 0 Å². The van der Waals surface area contributed by atoms with E-state index in [1.54, 1.807) is 24.1 Å². The summed E-state index contributed by atoms with van der Waals surface area (Å²) in [4.78, 5) is 15.7. The Kier molecular flexibility index (Phi) is 7.04. The van der Waals surface area contributed by atoms with Crippen molar-refractivity contribution >= 4 is 11.7 Å². The Labute approximate surface area is 188 Å². The van der Waals surface area contributed by atoms with E-state index in [1.165, 1.54) is 29.7 Å². The molecule has 1 aliphatic heterocycles. The van der Waals surface area contributed by atoms with Crippen LogP contribution in [0.2, 0.25) is 0 Å². The predicted molar refractivity (Wildman–Crippen MR) is 123 cm³/mol. The summed E-state index contributed by atoms with van der Waals surface area (Å²) >= 11 is 0. The third kappa shape index (κ3) is 5.46. The molecule has 7 nitrogen and oxygen atoms in total.